The Morgan fingerprint density at radius 2 is 1.87 bits per heavy atom. The predicted molar refractivity (Wildman–Crippen MR) is 86.5 cm³/mol. The molecule has 7 nitrogen and oxygen atoms in total. The van der Waals surface area contributed by atoms with Crippen LogP contribution in [0.25, 0.3) is 0 Å². The Balaban J connectivity index is 2.22. The lowest BCUT2D eigenvalue weighted by Gasteiger charge is -2.14. The van der Waals surface area contributed by atoms with Gasteiger partial charge in [0.1, 0.15) is 0 Å². The summed E-state index contributed by atoms with van der Waals surface area (Å²) in [6.45, 7) is 0. The van der Waals surface area contributed by atoms with E-state index < -0.39 is 23.4 Å². The van der Waals surface area contributed by atoms with E-state index in [9.17, 15) is 14.4 Å². The summed E-state index contributed by atoms with van der Waals surface area (Å²) in [7, 11) is 3.52. The van der Waals surface area contributed by atoms with E-state index in [1.54, 1.807) is 31.1 Å². The van der Waals surface area contributed by atoms with Crippen LogP contribution in [0.1, 0.15) is 21.8 Å². The van der Waals surface area contributed by atoms with Crippen LogP contribution in [0.4, 0.5) is 0 Å². The van der Waals surface area contributed by atoms with Crippen LogP contribution < -0.4 is 5.73 Å². The summed E-state index contributed by atoms with van der Waals surface area (Å²) in [5.41, 5.74) is 5.92. The zero-order valence-corrected chi connectivity index (χ0v) is 12.8. The van der Waals surface area contributed by atoms with Crippen molar-refractivity contribution in [1.82, 2.24) is 4.90 Å². The first-order valence-electron chi connectivity index (χ1n) is 6.84. The van der Waals surface area contributed by atoms with Crippen molar-refractivity contribution in [1.29, 1.82) is 0 Å². The molecule has 23 heavy (non-hydrogen) atoms. The average Bonchev–Trinajstić information content (AvgIpc) is 2.53. The summed E-state index contributed by atoms with van der Waals surface area (Å²) in [5, 5.41) is 7.41. The van der Waals surface area contributed by atoms with E-state index in [0.29, 0.717) is 11.1 Å². The van der Waals surface area contributed by atoms with Crippen molar-refractivity contribution in [2.45, 2.75) is 5.92 Å². The highest BCUT2D eigenvalue weighted by Crippen LogP contribution is 2.19. The van der Waals surface area contributed by atoms with Gasteiger partial charge in [-0.05, 0) is 17.7 Å². The number of amides is 1. The molecule has 0 radical (unpaired) electrons. The summed E-state index contributed by atoms with van der Waals surface area (Å²) in [4.78, 5) is 37.2. The largest absolute Gasteiger partial charge is 0.383 e. The summed E-state index contributed by atoms with van der Waals surface area (Å²) in [5.74, 6) is -2.19. The molecule has 1 atom stereocenters. The van der Waals surface area contributed by atoms with Gasteiger partial charge >= 0.3 is 0 Å². The van der Waals surface area contributed by atoms with Crippen molar-refractivity contribution in [3.63, 3.8) is 0 Å². The van der Waals surface area contributed by atoms with Gasteiger partial charge in [0, 0.05) is 38.1 Å². The van der Waals surface area contributed by atoms with Gasteiger partial charge in [-0.1, -0.05) is 12.1 Å². The molecule has 2 rings (SSSR count). The van der Waals surface area contributed by atoms with E-state index in [0.717, 1.165) is 0 Å². The molecule has 1 amide bonds. The van der Waals surface area contributed by atoms with Crippen molar-refractivity contribution in [3.05, 3.63) is 47.7 Å². The Morgan fingerprint density at radius 1 is 1.22 bits per heavy atom. The number of carbonyl (C=O) groups is 3. The number of nitrogens with two attached hydrogens (primary N) is 1. The van der Waals surface area contributed by atoms with Crippen LogP contribution in [0, 0.1) is 0 Å². The highest BCUT2D eigenvalue weighted by Gasteiger charge is 2.30. The van der Waals surface area contributed by atoms with E-state index in [1.165, 1.54) is 30.6 Å². The third-order valence-corrected chi connectivity index (χ3v) is 3.20. The quantitative estimate of drug-likeness (QED) is 0.800. The van der Waals surface area contributed by atoms with Gasteiger partial charge < -0.3 is 10.6 Å². The maximum atomic E-state index is 12.4. The topological polar surface area (TPSA) is 105 Å². The molecule has 118 valence electrons. The highest BCUT2D eigenvalue weighted by molar-refractivity contribution is 6.70. The van der Waals surface area contributed by atoms with E-state index in [2.05, 4.69) is 10.2 Å². The summed E-state index contributed by atoms with van der Waals surface area (Å²) < 4.78 is 0. The minimum atomic E-state index is -0.707. The molecule has 1 aromatic rings. The van der Waals surface area contributed by atoms with Gasteiger partial charge in [-0.25, -0.2) is 0 Å². The Bertz CT molecular complexity index is 730. The Morgan fingerprint density at radius 3 is 2.43 bits per heavy atom. The highest BCUT2D eigenvalue weighted by atomic mass is 16.2. The summed E-state index contributed by atoms with van der Waals surface area (Å²) >= 11 is 0. The van der Waals surface area contributed by atoms with Crippen molar-refractivity contribution in [3.8, 4) is 0 Å². The third kappa shape index (κ3) is 3.76. The van der Waals surface area contributed by atoms with Gasteiger partial charge in [-0.2, -0.15) is 5.10 Å². The number of carbonyl (C=O) groups excluding carboxylic acids is 3. The Hall–Kier alpha value is -3.09. The first-order valence-corrected chi connectivity index (χ1v) is 6.84. The fourth-order valence-electron chi connectivity index (χ4n) is 1.98. The van der Waals surface area contributed by atoms with Gasteiger partial charge in [0.25, 0.3) is 0 Å². The summed E-state index contributed by atoms with van der Waals surface area (Å²) in [6, 6.07) is 6.27. The van der Waals surface area contributed by atoms with Crippen LogP contribution in [0.15, 0.2) is 46.7 Å². The van der Waals surface area contributed by atoms with E-state index in [4.69, 9.17) is 5.73 Å². The maximum absolute atomic E-state index is 12.4. The molecule has 1 aliphatic heterocycles. The minimum absolute atomic E-state index is 0.213. The number of rotatable bonds is 5. The second-order valence-electron chi connectivity index (χ2n) is 5.18. The zero-order chi connectivity index (χ0) is 17.0. The molecule has 1 heterocycles. The number of hydrogen-bond acceptors (Lipinski definition) is 6. The SMILES string of the molecule is CN(C)C=CC(=O)C1=NN=CC(c2ccc(C(N)=O)cc2)C1=O. The van der Waals surface area contributed by atoms with Gasteiger partial charge in [-0.3, -0.25) is 14.4 Å². The van der Waals surface area contributed by atoms with Gasteiger partial charge in [0.05, 0.1) is 5.92 Å². The van der Waals surface area contributed by atoms with Crippen molar-refractivity contribution in [2.75, 3.05) is 14.1 Å². The van der Waals surface area contributed by atoms with Crippen LogP contribution in [0.5, 0.6) is 0 Å². The lowest BCUT2D eigenvalue weighted by molar-refractivity contribution is -0.115. The van der Waals surface area contributed by atoms with Crippen LogP contribution in [-0.2, 0) is 9.59 Å². The van der Waals surface area contributed by atoms with Gasteiger partial charge in [-0.15, -0.1) is 5.10 Å². The number of hydrogen-bond donors (Lipinski definition) is 1. The normalized spacial score (nSPS) is 17.2. The molecule has 0 fully saturated rings. The second kappa shape index (κ2) is 6.78. The van der Waals surface area contributed by atoms with Gasteiger partial charge in [0.2, 0.25) is 11.7 Å². The molecular weight excluding hydrogens is 296 g/mol. The van der Waals surface area contributed by atoms with E-state index in [-0.39, 0.29) is 5.71 Å². The monoisotopic (exact) mass is 312 g/mol. The lowest BCUT2D eigenvalue weighted by atomic mass is 9.90. The van der Waals surface area contributed by atoms with Crippen molar-refractivity contribution < 1.29 is 14.4 Å². The molecule has 1 aliphatic rings. The molecule has 2 N–H and O–H groups in total. The first-order chi connectivity index (χ1) is 10.9. The van der Waals surface area contributed by atoms with Crippen LogP contribution in [-0.4, -0.2) is 48.4 Å². The number of primary amides is 1. The van der Waals surface area contributed by atoms with Crippen LogP contribution in [0.2, 0.25) is 0 Å². The van der Waals surface area contributed by atoms with Gasteiger partial charge in [0.15, 0.2) is 11.5 Å². The molecule has 0 saturated heterocycles. The predicted octanol–water partition coefficient (Wildman–Crippen LogP) is 0.523. The molecular formula is C16H16N4O3. The maximum Gasteiger partial charge on any atom is 0.248 e. The molecule has 0 bridgehead atoms. The molecule has 0 spiro atoms. The van der Waals surface area contributed by atoms with Crippen molar-refractivity contribution >= 4 is 29.4 Å². The molecule has 1 unspecified atom stereocenters. The number of allylic oxidation sites excluding steroid dienone is 1. The summed E-state index contributed by atoms with van der Waals surface area (Å²) in [6.07, 6.45) is 4.17. The van der Waals surface area contributed by atoms with E-state index >= 15 is 0 Å². The van der Waals surface area contributed by atoms with Crippen LogP contribution in [0.3, 0.4) is 0 Å². The Kier molecular flexibility index (Phi) is 4.80. The molecule has 0 aliphatic carbocycles. The molecule has 0 saturated carbocycles. The average molecular weight is 312 g/mol. The molecule has 1 aromatic carbocycles. The fraction of sp³-hybridized carbons (Fsp3) is 0.188. The third-order valence-electron chi connectivity index (χ3n) is 3.20. The Labute approximate surface area is 133 Å². The standard InChI is InChI=1S/C16H16N4O3/c1-20(2)8-7-13(21)14-15(22)12(9-18-19-14)10-3-5-11(6-4-10)16(17)23/h3-9,12H,1-2H3,(H2,17,23). The van der Waals surface area contributed by atoms with E-state index in [1.807, 2.05) is 0 Å². The number of Topliss-reactive ketones (excluding diaryl/α,β-unsaturated/α-hetero) is 1. The number of nitrogens with zero attached hydrogens (tertiary/aromatic N) is 3. The first kappa shape index (κ1) is 16.3. The fourth-order valence-corrected chi connectivity index (χ4v) is 1.98. The van der Waals surface area contributed by atoms with Crippen LogP contribution >= 0.6 is 0 Å². The number of ketones is 2. The molecule has 0 aromatic heterocycles. The number of benzene rings is 1. The minimum Gasteiger partial charge on any atom is -0.383 e. The van der Waals surface area contributed by atoms with Crippen molar-refractivity contribution in [2.24, 2.45) is 15.9 Å². The zero-order valence-electron chi connectivity index (χ0n) is 12.8. The lowest BCUT2D eigenvalue weighted by Crippen LogP contribution is -2.31. The second-order valence-corrected chi connectivity index (χ2v) is 5.18. The smallest absolute Gasteiger partial charge is 0.248 e. The molecule has 7 heteroatoms.